The van der Waals surface area contributed by atoms with Crippen LogP contribution in [-0.4, -0.2) is 126 Å². The maximum Gasteiger partial charge on any atom is 0.431 e. The Labute approximate surface area is 330 Å². The normalized spacial score (nSPS) is 19.6. The predicted octanol–water partition coefficient (Wildman–Crippen LogP) is 4.11. The fourth-order valence-electron chi connectivity index (χ4n) is 5.32. The molecule has 56 heavy (non-hydrogen) atoms. The minimum Gasteiger partial charge on any atom is -0.460 e. The van der Waals surface area contributed by atoms with Gasteiger partial charge in [0, 0.05) is 50.0 Å². The number of aliphatic hydroxyl groups excluding tert-OH is 1. The van der Waals surface area contributed by atoms with E-state index < -0.39 is 30.1 Å². The van der Waals surface area contributed by atoms with E-state index in [2.05, 4.69) is 10.8 Å². The van der Waals surface area contributed by atoms with Crippen molar-refractivity contribution in [2.24, 2.45) is 11.8 Å². The van der Waals surface area contributed by atoms with Crippen molar-refractivity contribution in [3.63, 3.8) is 0 Å². The molecule has 17 nitrogen and oxygen atoms in total. The maximum atomic E-state index is 12.6. The minimum atomic E-state index is -0.865. The van der Waals surface area contributed by atoms with Crippen LogP contribution in [0.5, 0.6) is 5.75 Å². The van der Waals surface area contributed by atoms with E-state index in [0.29, 0.717) is 95.9 Å². The van der Waals surface area contributed by atoms with Crippen molar-refractivity contribution < 1.29 is 71.8 Å². The molecule has 1 aromatic rings. The van der Waals surface area contributed by atoms with Gasteiger partial charge in [0.15, 0.2) is 6.10 Å². The molecule has 0 aliphatic carbocycles. The number of esters is 1. The van der Waals surface area contributed by atoms with Crippen molar-refractivity contribution in [2.75, 3.05) is 78.0 Å². The molecular weight excluding hydrogens is 736 g/mol. The molecule has 1 fully saturated rings. The average molecular weight is 801 g/mol. The molecule has 5 atom stereocenters. The molecule has 5 unspecified atom stereocenters. The Bertz CT molecular complexity index is 1310. The van der Waals surface area contributed by atoms with Crippen LogP contribution in [0.25, 0.3) is 0 Å². The molecule has 2 rings (SSSR count). The number of carbonyl (C=O) groups is 4. The van der Waals surface area contributed by atoms with E-state index in [-0.39, 0.29) is 55.7 Å². The Kier molecular flexibility index (Phi) is 23.7. The third-order valence-electron chi connectivity index (χ3n) is 8.51. The van der Waals surface area contributed by atoms with E-state index in [0.717, 1.165) is 0 Å². The van der Waals surface area contributed by atoms with Crippen LogP contribution in [0.2, 0.25) is 0 Å². The second-order valence-electron chi connectivity index (χ2n) is 14.3. The van der Waals surface area contributed by atoms with Gasteiger partial charge in [0.05, 0.1) is 78.8 Å². The van der Waals surface area contributed by atoms with Gasteiger partial charge in [0.1, 0.15) is 17.1 Å². The molecule has 2 amide bonds. The number of ketones is 1. The van der Waals surface area contributed by atoms with Crippen LogP contribution in [0, 0.1) is 11.8 Å². The lowest BCUT2D eigenvalue weighted by Gasteiger charge is -2.42. The molecule has 1 aliphatic rings. The van der Waals surface area contributed by atoms with Crippen molar-refractivity contribution in [2.45, 2.75) is 105 Å². The van der Waals surface area contributed by atoms with E-state index in [9.17, 15) is 24.3 Å². The van der Waals surface area contributed by atoms with Crippen molar-refractivity contribution in [3.05, 3.63) is 23.8 Å². The minimum absolute atomic E-state index is 0.0185. The summed E-state index contributed by atoms with van der Waals surface area (Å²) in [5.41, 5.74) is 2.45. The SMILES string of the molecule is CC(=O)OC1C(Oc2ccc(NC(=O)CCC(=O)CCCOCCOCCOCCOCCOCCONC(=O)OC(C)(C)C)cc2CO)OC(C)C(C)C1C. The first-order chi connectivity index (χ1) is 26.7. The highest BCUT2D eigenvalue weighted by Crippen LogP contribution is 2.35. The van der Waals surface area contributed by atoms with Crippen LogP contribution in [0.15, 0.2) is 18.2 Å². The second-order valence-corrected chi connectivity index (χ2v) is 14.3. The number of hydrogen-bond donors (Lipinski definition) is 3. The summed E-state index contributed by atoms with van der Waals surface area (Å²) in [5, 5.41) is 12.8. The number of Topliss-reactive ketones (excluding diaryl/α,β-unsaturated/α-hetero) is 1. The molecule has 320 valence electrons. The number of benzene rings is 1. The molecule has 3 N–H and O–H groups in total. The fourth-order valence-corrected chi connectivity index (χ4v) is 5.32. The van der Waals surface area contributed by atoms with Crippen molar-refractivity contribution in [3.8, 4) is 5.75 Å². The van der Waals surface area contributed by atoms with Crippen LogP contribution < -0.4 is 15.5 Å². The number of ether oxygens (including phenoxy) is 9. The Balaban J connectivity index is 1.46. The third-order valence-corrected chi connectivity index (χ3v) is 8.51. The summed E-state index contributed by atoms with van der Waals surface area (Å²) < 4.78 is 49.9. The topological polar surface area (TPSA) is 205 Å². The monoisotopic (exact) mass is 800 g/mol. The van der Waals surface area contributed by atoms with Gasteiger partial charge in [-0.1, -0.05) is 13.8 Å². The van der Waals surface area contributed by atoms with Crippen LogP contribution in [0.1, 0.15) is 79.7 Å². The highest BCUT2D eigenvalue weighted by Gasteiger charge is 2.43. The quantitative estimate of drug-likeness (QED) is 0.0620. The summed E-state index contributed by atoms with van der Waals surface area (Å²) in [5.74, 6) is -0.359. The van der Waals surface area contributed by atoms with E-state index in [4.69, 9.17) is 47.5 Å². The average Bonchev–Trinajstić information content (AvgIpc) is 3.13. The van der Waals surface area contributed by atoms with E-state index in [1.165, 1.54) is 6.92 Å². The molecule has 0 radical (unpaired) electrons. The number of anilines is 1. The Morgan fingerprint density at radius 2 is 1.34 bits per heavy atom. The summed E-state index contributed by atoms with van der Waals surface area (Å²) >= 11 is 0. The van der Waals surface area contributed by atoms with Gasteiger partial charge in [0.2, 0.25) is 12.2 Å². The number of rotatable bonds is 28. The number of hydrogen-bond acceptors (Lipinski definition) is 15. The molecular formula is C39H64N2O15. The van der Waals surface area contributed by atoms with Crippen LogP contribution >= 0.6 is 0 Å². The van der Waals surface area contributed by atoms with Gasteiger partial charge in [0.25, 0.3) is 0 Å². The van der Waals surface area contributed by atoms with Gasteiger partial charge in [-0.3, -0.25) is 19.2 Å². The van der Waals surface area contributed by atoms with Gasteiger partial charge in [-0.15, -0.1) is 0 Å². The molecule has 0 saturated carbocycles. The van der Waals surface area contributed by atoms with E-state index in [1.54, 1.807) is 39.0 Å². The van der Waals surface area contributed by atoms with Crippen LogP contribution in [0.4, 0.5) is 10.5 Å². The number of aliphatic hydroxyl groups is 1. The lowest BCUT2D eigenvalue weighted by Crippen LogP contribution is -2.52. The lowest BCUT2D eigenvalue weighted by molar-refractivity contribution is -0.243. The van der Waals surface area contributed by atoms with Crippen LogP contribution in [0.3, 0.4) is 0 Å². The largest absolute Gasteiger partial charge is 0.460 e. The molecule has 1 aliphatic heterocycles. The van der Waals surface area contributed by atoms with Crippen molar-refractivity contribution >= 4 is 29.4 Å². The smallest absolute Gasteiger partial charge is 0.431 e. The summed E-state index contributed by atoms with van der Waals surface area (Å²) in [6.45, 7) is 16.3. The highest BCUT2D eigenvalue weighted by molar-refractivity contribution is 5.93. The number of carbonyl (C=O) groups excluding carboxylic acids is 4. The van der Waals surface area contributed by atoms with Crippen molar-refractivity contribution in [1.82, 2.24) is 5.48 Å². The summed E-state index contributed by atoms with van der Waals surface area (Å²) in [4.78, 5) is 53.0. The van der Waals surface area contributed by atoms with Gasteiger partial charge >= 0.3 is 12.1 Å². The molecule has 0 bridgehead atoms. The van der Waals surface area contributed by atoms with Gasteiger partial charge < -0.3 is 53.1 Å². The maximum absolute atomic E-state index is 12.6. The van der Waals surface area contributed by atoms with Gasteiger partial charge in [-0.05, 0) is 58.2 Å². The predicted molar refractivity (Wildman–Crippen MR) is 203 cm³/mol. The number of hydroxylamine groups is 1. The molecule has 1 aromatic carbocycles. The highest BCUT2D eigenvalue weighted by atomic mass is 16.7. The van der Waals surface area contributed by atoms with Crippen molar-refractivity contribution in [1.29, 1.82) is 0 Å². The first kappa shape index (κ1) is 48.7. The number of amides is 2. The molecule has 0 aromatic heterocycles. The second kappa shape index (κ2) is 27.3. The molecule has 1 heterocycles. The van der Waals surface area contributed by atoms with Gasteiger partial charge in [-0.2, -0.15) is 5.48 Å². The van der Waals surface area contributed by atoms with Crippen LogP contribution in [-0.2, 0) is 63.7 Å². The summed E-state index contributed by atoms with van der Waals surface area (Å²) in [6.07, 6.45) is -1.34. The van der Waals surface area contributed by atoms with E-state index >= 15 is 0 Å². The number of nitrogens with one attached hydrogen (secondary N) is 2. The zero-order valence-corrected chi connectivity index (χ0v) is 34.1. The Hall–Kier alpha value is -3.42. The first-order valence-electron chi connectivity index (χ1n) is 19.2. The summed E-state index contributed by atoms with van der Waals surface area (Å²) in [6, 6.07) is 4.84. The molecule has 17 heteroatoms. The zero-order chi connectivity index (χ0) is 41.3. The van der Waals surface area contributed by atoms with Gasteiger partial charge in [-0.25, -0.2) is 4.79 Å². The third kappa shape index (κ3) is 21.2. The Morgan fingerprint density at radius 3 is 1.89 bits per heavy atom. The Morgan fingerprint density at radius 1 is 0.768 bits per heavy atom. The molecule has 1 saturated heterocycles. The first-order valence-corrected chi connectivity index (χ1v) is 19.2. The lowest BCUT2D eigenvalue weighted by atomic mass is 9.84. The standard InChI is InChI=1S/C39H64N2O15/c1-27-28(2)36(54-30(4)43)37(53-29(27)3)55-34-12-10-32(25-31(34)26-42)40-35(45)13-11-33(44)9-8-14-47-15-16-48-17-18-49-19-20-50-21-22-51-23-24-52-41-38(46)56-39(5,6)7/h10,12,25,27-29,36-37,42H,8-9,11,13-24,26H2,1-7H3,(H,40,45)(H,41,46). The fraction of sp³-hybridized carbons (Fsp3) is 0.744. The van der Waals surface area contributed by atoms with E-state index in [1.807, 2.05) is 20.8 Å². The molecule has 0 spiro atoms. The zero-order valence-electron chi connectivity index (χ0n) is 34.1. The summed E-state index contributed by atoms with van der Waals surface area (Å²) in [7, 11) is 0.